The molecule has 1 aliphatic rings. The lowest BCUT2D eigenvalue weighted by atomic mass is 10.1. The summed E-state index contributed by atoms with van der Waals surface area (Å²) in [5, 5.41) is 12.2. The van der Waals surface area contributed by atoms with Crippen LogP contribution in [0.2, 0.25) is 0 Å². The van der Waals surface area contributed by atoms with Crippen molar-refractivity contribution in [3.63, 3.8) is 0 Å². The van der Waals surface area contributed by atoms with Crippen molar-refractivity contribution in [1.82, 2.24) is 9.88 Å². The molecule has 150 valence electrons. The number of para-hydroxylation sites is 1. The molecule has 3 aromatic rings. The predicted octanol–water partition coefficient (Wildman–Crippen LogP) is 1.75. The van der Waals surface area contributed by atoms with Crippen LogP contribution in [0.5, 0.6) is 5.75 Å². The zero-order chi connectivity index (χ0) is 20.4. The Morgan fingerprint density at radius 3 is 2.72 bits per heavy atom. The number of ether oxygens (including phenoxy) is 1. The van der Waals surface area contributed by atoms with Gasteiger partial charge in [0.1, 0.15) is 17.3 Å². The fourth-order valence-electron chi connectivity index (χ4n) is 3.56. The Kier molecular flexibility index (Phi) is 5.41. The van der Waals surface area contributed by atoms with Crippen LogP contribution in [0.1, 0.15) is 15.4 Å². The highest BCUT2D eigenvalue weighted by Gasteiger charge is 2.28. The van der Waals surface area contributed by atoms with Crippen LogP contribution < -0.4 is 9.64 Å². The molecule has 1 fully saturated rings. The van der Waals surface area contributed by atoms with E-state index >= 15 is 0 Å². The summed E-state index contributed by atoms with van der Waals surface area (Å²) in [7, 11) is 1.46. The van der Waals surface area contributed by atoms with E-state index in [2.05, 4.69) is 6.07 Å². The van der Waals surface area contributed by atoms with Crippen LogP contribution in [-0.2, 0) is 6.54 Å². The molecule has 2 aromatic carbocycles. The molecule has 0 bridgehead atoms. The van der Waals surface area contributed by atoms with Gasteiger partial charge in [-0.05, 0) is 18.2 Å². The molecule has 9 heteroatoms. The van der Waals surface area contributed by atoms with E-state index in [9.17, 15) is 14.9 Å². The van der Waals surface area contributed by atoms with Crippen molar-refractivity contribution in [3.05, 3.63) is 63.1 Å². The van der Waals surface area contributed by atoms with Crippen molar-refractivity contribution in [1.29, 1.82) is 0 Å². The van der Waals surface area contributed by atoms with E-state index in [1.165, 1.54) is 34.9 Å². The highest BCUT2D eigenvalue weighted by molar-refractivity contribution is 7.18. The molecule has 8 nitrogen and oxygen atoms in total. The van der Waals surface area contributed by atoms with Crippen molar-refractivity contribution in [2.75, 3.05) is 33.3 Å². The number of nitrogens with zero attached hydrogens (tertiary/aromatic N) is 3. The first-order chi connectivity index (χ1) is 14.0. The second kappa shape index (κ2) is 8.14. The number of thiazole rings is 1. The zero-order valence-corrected chi connectivity index (χ0v) is 16.8. The van der Waals surface area contributed by atoms with Gasteiger partial charge >= 0.3 is 0 Å². The molecule has 1 N–H and O–H groups in total. The Morgan fingerprint density at radius 2 is 2.03 bits per heavy atom. The van der Waals surface area contributed by atoms with E-state index in [0.29, 0.717) is 18.8 Å². The van der Waals surface area contributed by atoms with Crippen LogP contribution >= 0.6 is 11.3 Å². The topological polar surface area (TPSA) is 90.0 Å². The number of non-ortho nitro benzene ring substituents is 1. The number of nitrogens with one attached hydrogen (secondary N) is 1. The molecule has 1 amide bonds. The smallest absolute Gasteiger partial charge is 0.270 e. The number of fused-ring (bicyclic) bond motifs is 1. The zero-order valence-electron chi connectivity index (χ0n) is 16.0. The number of hydrogen-bond donors (Lipinski definition) is 1. The van der Waals surface area contributed by atoms with Gasteiger partial charge in [-0.1, -0.05) is 12.1 Å². The molecule has 1 aromatic heterocycles. The summed E-state index contributed by atoms with van der Waals surface area (Å²) in [6, 6.07) is 12.2. The molecule has 4 rings (SSSR count). The molecule has 0 aliphatic carbocycles. The number of aromatic nitrogens is 1. The summed E-state index contributed by atoms with van der Waals surface area (Å²) in [4.78, 5) is 31.3. The molecule has 0 unspecified atom stereocenters. The Labute approximate surface area is 171 Å². The van der Waals surface area contributed by atoms with Gasteiger partial charge in [-0.15, -0.1) is 11.3 Å². The number of nitro benzene ring substituents is 1. The Hall–Kier alpha value is -3.04. The monoisotopic (exact) mass is 413 g/mol. The van der Waals surface area contributed by atoms with Crippen LogP contribution in [0.15, 0.2) is 42.5 Å². The molecular formula is C20H21N4O4S+. The Morgan fingerprint density at radius 1 is 1.28 bits per heavy atom. The molecule has 0 radical (unpaired) electrons. The van der Waals surface area contributed by atoms with Crippen molar-refractivity contribution in [3.8, 4) is 5.75 Å². The van der Waals surface area contributed by atoms with Crippen LogP contribution in [0.25, 0.3) is 10.2 Å². The fourth-order valence-corrected chi connectivity index (χ4v) is 4.60. The lowest BCUT2D eigenvalue weighted by Crippen LogP contribution is -3.13. The molecule has 1 saturated heterocycles. The van der Waals surface area contributed by atoms with Gasteiger partial charge in [0.05, 0.1) is 54.0 Å². The summed E-state index contributed by atoms with van der Waals surface area (Å²) < 4.78 is 6.43. The second-order valence-corrected chi connectivity index (χ2v) is 8.05. The predicted molar refractivity (Wildman–Crippen MR) is 110 cm³/mol. The number of nitro groups is 1. The number of carbonyl (C=O) groups is 1. The van der Waals surface area contributed by atoms with Gasteiger partial charge in [0, 0.05) is 12.1 Å². The first-order valence-corrected chi connectivity index (χ1v) is 10.2. The maximum atomic E-state index is 12.9. The molecule has 0 saturated carbocycles. The molecule has 0 spiro atoms. The minimum Gasteiger partial charge on any atom is -0.496 e. The molecule has 29 heavy (non-hydrogen) atoms. The third-order valence-electron chi connectivity index (χ3n) is 5.12. The molecule has 0 atom stereocenters. The summed E-state index contributed by atoms with van der Waals surface area (Å²) in [5.74, 6) is 0.120. The van der Waals surface area contributed by atoms with E-state index in [4.69, 9.17) is 9.72 Å². The molecule has 2 heterocycles. The largest absolute Gasteiger partial charge is 0.496 e. The van der Waals surface area contributed by atoms with Crippen LogP contribution in [0.3, 0.4) is 0 Å². The van der Waals surface area contributed by atoms with Gasteiger partial charge in [0.2, 0.25) is 0 Å². The summed E-state index contributed by atoms with van der Waals surface area (Å²) in [6.07, 6.45) is 0. The first kappa shape index (κ1) is 19.3. The van der Waals surface area contributed by atoms with Gasteiger partial charge in [-0.3, -0.25) is 14.9 Å². The van der Waals surface area contributed by atoms with Gasteiger partial charge in [-0.25, -0.2) is 4.98 Å². The average molecular weight is 413 g/mol. The number of piperazine rings is 1. The van der Waals surface area contributed by atoms with Gasteiger partial charge in [0.25, 0.3) is 11.6 Å². The number of carbonyl (C=O) groups excluding carboxylic acids is 1. The maximum absolute atomic E-state index is 12.9. The highest BCUT2D eigenvalue weighted by Crippen LogP contribution is 2.25. The Bertz CT molecular complexity index is 1030. The first-order valence-electron chi connectivity index (χ1n) is 9.35. The number of benzene rings is 2. The van der Waals surface area contributed by atoms with Crippen molar-refractivity contribution >= 4 is 33.1 Å². The maximum Gasteiger partial charge on any atom is 0.270 e. The quantitative estimate of drug-likeness (QED) is 0.508. The average Bonchev–Trinajstić information content (AvgIpc) is 3.15. The van der Waals surface area contributed by atoms with E-state index < -0.39 is 4.92 Å². The third kappa shape index (κ3) is 4.06. The van der Waals surface area contributed by atoms with Crippen molar-refractivity contribution < 1.29 is 19.4 Å². The summed E-state index contributed by atoms with van der Waals surface area (Å²) in [6.45, 7) is 3.62. The summed E-state index contributed by atoms with van der Waals surface area (Å²) in [5.41, 5.74) is 1.14. The van der Waals surface area contributed by atoms with Gasteiger partial charge < -0.3 is 14.5 Å². The molecular weight excluding hydrogens is 392 g/mol. The SMILES string of the molecule is COc1ccc([N+](=O)[O-])cc1C(=O)N1CC[NH+](Cc2nc3ccccc3s2)CC1. The number of hydrogen-bond acceptors (Lipinski definition) is 6. The lowest BCUT2D eigenvalue weighted by Gasteiger charge is -2.32. The van der Waals surface area contributed by atoms with Crippen LogP contribution in [-0.4, -0.2) is 54.0 Å². The third-order valence-corrected chi connectivity index (χ3v) is 6.16. The minimum absolute atomic E-state index is 0.116. The summed E-state index contributed by atoms with van der Waals surface area (Å²) >= 11 is 1.71. The van der Waals surface area contributed by atoms with Gasteiger partial charge in [0.15, 0.2) is 0 Å². The van der Waals surface area contributed by atoms with E-state index in [0.717, 1.165) is 30.2 Å². The standard InChI is InChI=1S/C20H20N4O4S/c1-28-17-7-6-14(24(26)27)12-15(17)20(25)23-10-8-22(9-11-23)13-19-21-16-4-2-3-5-18(16)29-19/h2-7,12H,8-11,13H2,1H3/p+1. The van der Waals surface area contributed by atoms with E-state index in [1.54, 1.807) is 16.2 Å². The van der Waals surface area contributed by atoms with Crippen LogP contribution in [0, 0.1) is 10.1 Å². The number of amides is 1. The normalized spacial score (nSPS) is 14.9. The second-order valence-electron chi connectivity index (χ2n) is 6.94. The number of methoxy groups -OCH3 is 1. The Balaban J connectivity index is 1.42. The number of rotatable bonds is 5. The van der Waals surface area contributed by atoms with Crippen molar-refractivity contribution in [2.24, 2.45) is 0 Å². The molecule has 1 aliphatic heterocycles. The number of quaternary nitrogens is 1. The van der Waals surface area contributed by atoms with E-state index in [-0.39, 0.29) is 17.2 Å². The highest BCUT2D eigenvalue weighted by atomic mass is 32.1. The fraction of sp³-hybridized carbons (Fsp3) is 0.300. The van der Waals surface area contributed by atoms with Crippen LogP contribution in [0.4, 0.5) is 5.69 Å². The van der Waals surface area contributed by atoms with Gasteiger partial charge in [-0.2, -0.15) is 0 Å². The lowest BCUT2D eigenvalue weighted by molar-refractivity contribution is -0.917. The van der Waals surface area contributed by atoms with Crippen molar-refractivity contribution in [2.45, 2.75) is 6.54 Å². The van der Waals surface area contributed by atoms with E-state index in [1.807, 2.05) is 18.2 Å². The minimum atomic E-state index is -0.504.